The minimum atomic E-state index is -0.559. The van der Waals surface area contributed by atoms with Gasteiger partial charge in [-0.1, -0.05) is 12.2 Å². The third kappa shape index (κ3) is 3.08. The number of likely N-dealkylation sites (tertiary alicyclic amines) is 1. The summed E-state index contributed by atoms with van der Waals surface area (Å²) in [6.07, 6.45) is 3.81. The molecule has 0 aliphatic carbocycles. The van der Waals surface area contributed by atoms with Crippen LogP contribution in [0.5, 0.6) is 0 Å². The first kappa shape index (κ1) is 12.7. The summed E-state index contributed by atoms with van der Waals surface area (Å²) >= 11 is 0. The maximum Gasteiger partial charge on any atom is 0.417 e. The molecule has 0 aromatic heterocycles. The summed E-state index contributed by atoms with van der Waals surface area (Å²) in [6, 6.07) is 0. The van der Waals surface area contributed by atoms with Gasteiger partial charge in [-0.25, -0.2) is 9.69 Å². The number of hydrogen-bond acceptors (Lipinski definition) is 3. The van der Waals surface area contributed by atoms with E-state index >= 15 is 0 Å². The molecule has 1 saturated heterocycles. The normalized spacial score (nSPS) is 21.9. The molecule has 1 aliphatic rings. The van der Waals surface area contributed by atoms with Gasteiger partial charge in [0.05, 0.1) is 5.92 Å². The Balaban J connectivity index is 2.63. The predicted octanol–water partition coefficient (Wildman–Crippen LogP) is 2.35. The lowest BCUT2D eigenvalue weighted by molar-refractivity contribution is -0.129. The molecule has 4 nitrogen and oxygen atoms in total. The molecule has 1 fully saturated rings. The van der Waals surface area contributed by atoms with Gasteiger partial charge in [-0.05, 0) is 34.1 Å². The summed E-state index contributed by atoms with van der Waals surface area (Å²) in [4.78, 5) is 24.7. The zero-order valence-corrected chi connectivity index (χ0v) is 10.3. The molecular formula is C12H19NO3. The minimum Gasteiger partial charge on any atom is -0.443 e. The average molecular weight is 225 g/mol. The Bertz CT molecular complexity index is 315. The molecule has 0 N–H and O–H groups in total. The second-order valence-electron chi connectivity index (χ2n) is 4.89. The monoisotopic (exact) mass is 225 g/mol. The average Bonchev–Trinajstić information content (AvgIpc) is 2.46. The fourth-order valence-corrected chi connectivity index (χ4v) is 1.61. The molecule has 0 saturated carbocycles. The molecule has 4 heteroatoms. The van der Waals surface area contributed by atoms with Crippen molar-refractivity contribution in [2.75, 3.05) is 6.54 Å². The summed E-state index contributed by atoms with van der Waals surface area (Å²) < 4.78 is 5.16. The Hall–Kier alpha value is -1.32. The van der Waals surface area contributed by atoms with Gasteiger partial charge < -0.3 is 4.74 Å². The molecule has 1 atom stereocenters. The molecule has 0 bridgehead atoms. The van der Waals surface area contributed by atoms with E-state index in [1.165, 1.54) is 4.90 Å². The van der Waals surface area contributed by atoms with E-state index in [9.17, 15) is 9.59 Å². The van der Waals surface area contributed by atoms with Gasteiger partial charge in [0.1, 0.15) is 5.60 Å². The smallest absolute Gasteiger partial charge is 0.417 e. The highest BCUT2D eigenvalue weighted by Gasteiger charge is 2.36. The summed E-state index contributed by atoms with van der Waals surface area (Å²) in [5.41, 5.74) is -0.559. The van der Waals surface area contributed by atoms with Crippen LogP contribution in [0.1, 0.15) is 34.1 Å². The number of ether oxygens (including phenoxy) is 1. The fourth-order valence-electron chi connectivity index (χ4n) is 1.61. The Morgan fingerprint density at radius 1 is 1.50 bits per heavy atom. The van der Waals surface area contributed by atoms with Crippen molar-refractivity contribution in [2.24, 2.45) is 5.92 Å². The van der Waals surface area contributed by atoms with E-state index in [1.54, 1.807) is 20.8 Å². The molecule has 0 aromatic carbocycles. The van der Waals surface area contributed by atoms with E-state index in [0.717, 1.165) is 0 Å². The first-order valence-electron chi connectivity index (χ1n) is 5.52. The largest absolute Gasteiger partial charge is 0.443 e. The molecule has 1 heterocycles. The highest BCUT2D eigenvalue weighted by Crippen LogP contribution is 2.21. The van der Waals surface area contributed by atoms with Crippen molar-refractivity contribution < 1.29 is 14.3 Å². The van der Waals surface area contributed by atoms with Gasteiger partial charge in [0.2, 0.25) is 5.91 Å². The standard InChI is InChI=1S/C12H19NO3/c1-5-6-9-7-8-13(10(9)14)11(15)16-12(2,3)4/h5-6,9H,7-8H2,1-4H3/b6-5+. The van der Waals surface area contributed by atoms with Crippen molar-refractivity contribution in [3.8, 4) is 0 Å². The third-order valence-electron chi connectivity index (χ3n) is 2.29. The Morgan fingerprint density at radius 3 is 2.62 bits per heavy atom. The highest BCUT2D eigenvalue weighted by molar-refractivity contribution is 5.95. The van der Waals surface area contributed by atoms with Crippen molar-refractivity contribution >= 4 is 12.0 Å². The van der Waals surface area contributed by atoms with Crippen LogP contribution in [0.4, 0.5) is 4.79 Å². The second kappa shape index (κ2) is 4.68. The number of allylic oxidation sites excluding steroid dienone is 1. The third-order valence-corrected chi connectivity index (χ3v) is 2.29. The summed E-state index contributed by atoms with van der Waals surface area (Å²) in [6.45, 7) is 7.67. The van der Waals surface area contributed by atoms with Crippen molar-refractivity contribution in [2.45, 2.75) is 39.7 Å². The molecular weight excluding hydrogens is 206 g/mol. The molecule has 0 spiro atoms. The van der Waals surface area contributed by atoms with Gasteiger partial charge >= 0.3 is 6.09 Å². The Labute approximate surface area is 96.3 Å². The number of hydrogen-bond donors (Lipinski definition) is 0. The van der Waals surface area contributed by atoms with Crippen LogP contribution in [-0.2, 0) is 9.53 Å². The zero-order valence-electron chi connectivity index (χ0n) is 10.3. The Kier molecular flexibility index (Phi) is 3.73. The minimum absolute atomic E-state index is 0.160. The van der Waals surface area contributed by atoms with Crippen molar-refractivity contribution in [1.82, 2.24) is 4.90 Å². The predicted molar refractivity (Wildman–Crippen MR) is 60.9 cm³/mol. The van der Waals surface area contributed by atoms with Crippen molar-refractivity contribution in [1.29, 1.82) is 0 Å². The topological polar surface area (TPSA) is 46.6 Å². The summed E-state index contributed by atoms with van der Waals surface area (Å²) in [5, 5.41) is 0. The van der Waals surface area contributed by atoms with E-state index in [1.807, 2.05) is 19.1 Å². The number of carbonyl (C=O) groups is 2. The Morgan fingerprint density at radius 2 is 2.12 bits per heavy atom. The second-order valence-corrected chi connectivity index (χ2v) is 4.89. The van der Waals surface area contributed by atoms with Gasteiger partial charge in [0.15, 0.2) is 0 Å². The van der Waals surface area contributed by atoms with E-state index in [-0.39, 0.29) is 11.8 Å². The van der Waals surface area contributed by atoms with E-state index in [2.05, 4.69) is 0 Å². The maximum absolute atomic E-state index is 11.8. The van der Waals surface area contributed by atoms with Gasteiger partial charge in [-0.2, -0.15) is 0 Å². The van der Waals surface area contributed by atoms with Crippen LogP contribution >= 0.6 is 0 Å². The highest BCUT2D eigenvalue weighted by atomic mass is 16.6. The van der Waals surface area contributed by atoms with Gasteiger partial charge in [0.25, 0.3) is 0 Å². The van der Waals surface area contributed by atoms with Crippen LogP contribution in [0.2, 0.25) is 0 Å². The molecule has 0 aromatic rings. The molecule has 16 heavy (non-hydrogen) atoms. The van der Waals surface area contributed by atoms with E-state index in [4.69, 9.17) is 4.74 Å². The number of nitrogens with zero attached hydrogens (tertiary/aromatic N) is 1. The molecule has 1 aliphatic heterocycles. The lowest BCUT2D eigenvalue weighted by Crippen LogP contribution is -2.38. The first-order valence-corrected chi connectivity index (χ1v) is 5.52. The zero-order chi connectivity index (χ0) is 12.3. The lowest BCUT2D eigenvalue weighted by Gasteiger charge is -2.23. The SMILES string of the molecule is C/C=C/C1CCN(C(=O)OC(C)(C)C)C1=O. The summed E-state index contributed by atoms with van der Waals surface area (Å²) in [5.74, 6) is -0.329. The van der Waals surface area contributed by atoms with E-state index in [0.29, 0.717) is 13.0 Å². The van der Waals surface area contributed by atoms with Gasteiger partial charge in [0, 0.05) is 6.54 Å². The quantitative estimate of drug-likeness (QED) is 0.643. The number of amides is 2. The van der Waals surface area contributed by atoms with Crippen molar-refractivity contribution in [3.05, 3.63) is 12.2 Å². The van der Waals surface area contributed by atoms with Crippen LogP contribution in [-0.4, -0.2) is 29.0 Å². The number of rotatable bonds is 1. The van der Waals surface area contributed by atoms with Crippen LogP contribution < -0.4 is 0 Å². The van der Waals surface area contributed by atoms with Crippen LogP contribution in [0.3, 0.4) is 0 Å². The molecule has 1 unspecified atom stereocenters. The van der Waals surface area contributed by atoms with Gasteiger partial charge in [-0.3, -0.25) is 4.79 Å². The molecule has 1 rings (SSSR count). The van der Waals surface area contributed by atoms with Crippen LogP contribution in [0.15, 0.2) is 12.2 Å². The van der Waals surface area contributed by atoms with Gasteiger partial charge in [-0.15, -0.1) is 0 Å². The fraction of sp³-hybridized carbons (Fsp3) is 0.667. The van der Waals surface area contributed by atoms with Crippen LogP contribution in [0.25, 0.3) is 0 Å². The number of imide groups is 1. The summed E-state index contributed by atoms with van der Waals surface area (Å²) in [7, 11) is 0. The maximum atomic E-state index is 11.8. The molecule has 0 radical (unpaired) electrons. The van der Waals surface area contributed by atoms with Crippen LogP contribution in [0, 0.1) is 5.92 Å². The van der Waals surface area contributed by atoms with E-state index < -0.39 is 11.7 Å². The molecule has 2 amide bonds. The first-order chi connectivity index (χ1) is 7.35. The van der Waals surface area contributed by atoms with Crippen molar-refractivity contribution in [3.63, 3.8) is 0 Å². The lowest BCUT2D eigenvalue weighted by atomic mass is 10.1. The molecule has 90 valence electrons. The number of carbonyl (C=O) groups excluding carboxylic acids is 2.